The number of halogens is 2. The van der Waals surface area contributed by atoms with Crippen molar-refractivity contribution in [3.05, 3.63) is 36.2 Å². The van der Waals surface area contributed by atoms with E-state index < -0.39 is 17.9 Å². The third-order valence-electron chi connectivity index (χ3n) is 5.23. The molecule has 2 saturated carbocycles. The summed E-state index contributed by atoms with van der Waals surface area (Å²) in [6, 6.07) is 4.80. The van der Waals surface area contributed by atoms with E-state index in [2.05, 4.69) is 31.0 Å². The lowest BCUT2D eigenvalue weighted by atomic mass is 9.88. The van der Waals surface area contributed by atoms with Crippen LogP contribution in [0.4, 0.5) is 26.1 Å². The van der Waals surface area contributed by atoms with Gasteiger partial charge < -0.3 is 20.7 Å². The minimum absolute atomic E-state index is 0.183. The van der Waals surface area contributed by atoms with Crippen molar-refractivity contribution in [3.8, 4) is 5.88 Å². The third kappa shape index (κ3) is 3.94. The summed E-state index contributed by atoms with van der Waals surface area (Å²) in [5.41, 5.74) is 1.15. The highest BCUT2D eigenvalue weighted by molar-refractivity contribution is 6.00. The van der Waals surface area contributed by atoms with Gasteiger partial charge in [-0.2, -0.15) is 9.61 Å². The highest BCUT2D eigenvalue weighted by Crippen LogP contribution is 2.37. The zero-order chi connectivity index (χ0) is 21.6. The number of carbonyl (C=O) groups excluding carboxylic acids is 1. The average molecular weight is 429 g/mol. The normalized spacial score (nSPS) is 17.8. The van der Waals surface area contributed by atoms with E-state index in [4.69, 9.17) is 4.74 Å². The minimum Gasteiger partial charge on any atom is -0.473 e. The maximum atomic E-state index is 13.1. The molecule has 0 atom stereocenters. The van der Waals surface area contributed by atoms with Crippen molar-refractivity contribution in [2.45, 2.75) is 43.8 Å². The highest BCUT2D eigenvalue weighted by atomic mass is 19.3. The largest absolute Gasteiger partial charge is 0.473 e. The number of aromatic nitrogens is 4. The third-order valence-corrected chi connectivity index (χ3v) is 5.23. The van der Waals surface area contributed by atoms with Crippen molar-refractivity contribution >= 4 is 28.9 Å². The molecule has 0 aromatic carbocycles. The van der Waals surface area contributed by atoms with Crippen LogP contribution in [-0.4, -0.2) is 50.6 Å². The van der Waals surface area contributed by atoms with E-state index in [1.807, 2.05) is 6.07 Å². The van der Waals surface area contributed by atoms with E-state index in [-0.39, 0.29) is 24.5 Å². The van der Waals surface area contributed by atoms with Crippen LogP contribution in [0.1, 0.15) is 36.0 Å². The number of ether oxygens (including phenoxy) is 1. The molecule has 9 nitrogen and oxygen atoms in total. The fourth-order valence-electron chi connectivity index (χ4n) is 3.45. The summed E-state index contributed by atoms with van der Waals surface area (Å²) in [4.78, 5) is 21.5. The SMILES string of the molecule is CNc1cc(Nc2cccnc2OC2CC2)nc2c(C(=O)NC3CC(F)(F)C3)cnn12. The van der Waals surface area contributed by atoms with E-state index in [9.17, 15) is 13.6 Å². The first kappa shape index (κ1) is 19.5. The number of nitrogens with one attached hydrogen (secondary N) is 3. The van der Waals surface area contributed by atoms with Crippen LogP contribution in [0, 0.1) is 0 Å². The van der Waals surface area contributed by atoms with Crippen LogP contribution in [0.5, 0.6) is 5.88 Å². The van der Waals surface area contributed by atoms with Crippen LogP contribution < -0.4 is 20.7 Å². The maximum absolute atomic E-state index is 13.1. The zero-order valence-corrected chi connectivity index (χ0v) is 16.7. The van der Waals surface area contributed by atoms with Crippen molar-refractivity contribution in [2.75, 3.05) is 17.7 Å². The lowest BCUT2D eigenvalue weighted by molar-refractivity contribution is -0.0901. The van der Waals surface area contributed by atoms with E-state index in [0.717, 1.165) is 12.8 Å². The van der Waals surface area contributed by atoms with E-state index in [0.29, 0.717) is 28.9 Å². The Kier molecular flexibility index (Phi) is 4.60. The molecular formula is C20H21F2N7O2. The number of pyridine rings is 1. The van der Waals surface area contributed by atoms with Crippen molar-refractivity contribution in [1.29, 1.82) is 0 Å². The number of rotatable bonds is 7. The molecule has 31 heavy (non-hydrogen) atoms. The Morgan fingerprint density at radius 2 is 2.13 bits per heavy atom. The first-order valence-electron chi connectivity index (χ1n) is 10.1. The smallest absolute Gasteiger partial charge is 0.256 e. The molecule has 0 saturated heterocycles. The van der Waals surface area contributed by atoms with Gasteiger partial charge in [0.2, 0.25) is 5.88 Å². The number of anilines is 3. The highest BCUT2D eigenvalue weighted by Gasteiger charge is 2.46. The molecule has 3 aromatic heterocycles. The second-order valence-corrected chi connectivity index (χ2v) is 7.80. The molecule has 2 aliphatic carbocycles. The van der Waals surface area contributed by atoms with E-state index in [1.165, 1.54) is 10.7 Å². The predicted octanol–water partition coefficient (Wildman–Crippen LogP) is 2.98. The molecule has 5 rings (SSSR count). The Morgan fingerprint density at radius 1 is 1.32 bits per heavy atom. The molecule has 0 unspecified atom stereocenters. The first-order chi connectivity index (χ1) is 14.9. The summed E-state index contributed by atoms with van der Waals surface area (Å²) in [5, 5.41) is 13.1. The first-order valence-corrected chi connectivity index (χ1v) is 10.1. The molecule has 0 radical (unpaired) electrons. The van der Waals surface area contributed by atoms with Crippen LogP contribution in [0.15, 0.2) is 30.6 Å². The van der Waals surface area contributed by atoms with E-state index >= 15 is 0 Å². The number of carbonyl (C=O) groups is 1. The topological polar surface area (TPSA) is 105 Å². The van der Waals surface area contributed by atoms with Crippen molar-refractivity contribution in [1.82, 2.24) is 24.9 Å². The van der Waals surface area contributed by atoms with Gasteiger partial charge in [0.15, 0.2) is 5.65 Å². The summed E-state index contributed by atoms with van der Waals surface area (Å²) in [7, 11) is 1.72. The van der Waals surface area contributed by atoms with Crippen molar-refractivity contribution in [2.24, 2.45) is 0 Å². The van der Waals surface area contributed by atoms with E-state index in [1.54, 1.807) is 25.4 Å². The average Bonchev–Trinajstić information content (AvgIpc) is 3.43. The second-order valence-electron chi connectivity index (χ2n) is 7.80. The molecule has 0 spiro atoms. The molecule has 1 amide bonds. The lowest BCUT2D eigenvalue weighted by Gasteiger charge is -2.35. The maximum Gasteiger partial charge on any atom is 0.256 e. The van der Waals surface area contributed by atoms with Gasteiger partial charge in [-0.3, -0.25) is 4.79 Å². The molecule has 0 aliphatic heterocycles. The number of hydrogen-bond acceptors (Lipinski definition) is 7. The Bertz CT molecular complexity index is 1140. The number of nitrogens with zero attached hydrogens (tertiary/aromatic N) is 4. The molecule has 3 heterocycles. The van der Waals surface area contributed by atoms with Gasteiger partial charge in [0.05, 0.1) is 6.20 Å². The summed E-state index contributed by atoms with van der Waals surface area (Å²) < 4.78 is 33.5. The Labute approximate surface area is 176 Å². The molecular weight excluding hydrogens is 408 g/mol. The zero-order valence-electron chi connectivity index (χ0n) is 16.7. The number of alkyl halides is 2. The lowest BCUT2D eigenvalue weighted by Crippen LogP contribution is -2.50. The molecule has 0 bridgehead atoms. The Balaban J connectivity index is 1.43. The predicted molar refractivity (Wildman–Crippen MR) is 109 cm³/mol. The fourth-order valence-corrected chi connectivity index (χ4v) is 3.45. The van der Waals surface area contributed by atoms with Crippen LogP contribution in [-0.2, 0) is 0 Å². The summed E-state index contributed by atoms with van der Waals surface area (Å²) in [5.74, 6) is -1.67. The van der Waals surface area contributed by atoms with Gasteiger partial charge in [0.1, 0.15) is 29.0 Å². The van der Waals surface area contributed by atoms with Crippen molar-refractivity contribution < 1.29 is 18.3 Å². The van der Waals surface area contributed by atoms with Gasteiger partial charge in [0.25, 0.3) is 11.8 Å². The molecule has 3 N–H and O–H groups in total. The van der Waals surface area contributed by atoms with Crippen LogP contribution in [0.2, 0.25) is 0 Å². The molecule has 2 fully saturated rings. The van der Waals surface area contributed by atoms with Gasteiger partial charge in [-0.25, -0.2) is 18.7 Å². The quantitative estimate of drug-likeness (QED) is 0.530. The number of hydrogen-bond donors (Lipinski definition) is 3. The minimum atomic E-state index is -2.71. The summed E-state index contributed by atoms with van der Waals surface area (Å²) in [6.07, 6.45) is 4.52. The van der Waals surface area contributed by atoms with Gasteiger partial charge in [0, 0.05) is 38.2 Å². The van der Waals surface area contributed by atoms with Crippen LogP contribution in [0.25, 0.3) is 5.65 Å². The van der Waals surface area contributed by atoms with Gasteiger partial charge in [-0.15, -0.1) is 0 Å². The molecule has 2 aliphatic rings. The van der Waals surface area contributed by atoms with Gasteiger partial charge in [-0.05, 0) is 25.0 Å². The van der Waals surface area contributed by atoms with Crippen molar-refractivity contribution in [3.63, 3.8) is 0 Å². The monoisotopic (exact) mass is 429 g/mol. The van der Waals surface area contributed by atoms with Gasteiger partial charge >= 0.3 is 0 Å². The molecule has 162 valence electrons. The van der Waals surface area contributed by atoms with Crippen LogP contribution in [0.3, 0.4) is 0 Å². The standard InChI is InChI=1S/C20H21F2N7O2/c1-23-16-7-15(27-14-3-2-6-24-19(14)31-12-4-5-12)28-17-13(10-25-29(16)17)18(30)26-11-8-20(21,22)9-11/h2-3,6-7,10-12,23H,4-5,8-9H2,1H3,(H,26,30)(H,27,28). The van der Waals surface area contributed by atoms with Crippen LogP contribution >= 0.6 is 0 Å². The summed E-state index contributed by atoms with van der Waals surface area (Å²) in [6.45, 7) is 0. The molecule has 3 aromatic rings. The molecule has 11 heteroatoms. The number of fused-ring (bicyclic) bond motifs is 1. The van der Waals surface area contributed by atoms with Gasteiger partial charge in [-0.1, -0.05) is 0 Å². The Morgan fingerprint density at radius 3 is 2.84 bits per heavy atom. The fraction of sp³-hybridized carbons (Fsp3) is 0.400. The summed E-state index contributed by atoms with van der Waals surface area (Å²) >= 11 is 0. The Hall–Kier alpha value is -3.50. The second kappa shape index (κ2) is 7.33. The number of amides is 1.